The van der Waals surface area contributed by atoms with Gasteiger partial charge >= 0.3 is 0 Å². The van der Waals surface area contributed by atoms with Gasteiger partial charge in [-0.2, -0.15) is 0 Å². The minimum absolute atomic E-state index is 0.0269. The fourth-order valence-electron chi connectivity index (χ4n) is 4.33. The van der Waals surface area contributed by atoms with Crippen molar-refractivity contribution in [2.75, 3.05) is 13.2 Å². The normalized spacial score (nSPS) is 37.2. The molecule has 19 heavy (non-hydrogen) atoms. The van der Waals surface area contributed by atoms with Gasteiger partial charge in [-0.05, 0) is 31.6 Å². The summed E-state index contributed by atoms with van der Waals surface area (Å²) >= 11 is 0. The van der Waals surface area contributed by atoms with E-state index in [1.54, 1.807) is 0 Å². The van der Waals surface area contributed by atoms with Gasteiger partial charge in [0.2, 0.25) is 11.8 Å². The van der Waals surface area contributed by atoms with Crippen LogP contribution in [0.5, 0.6) is 0 Å². The molecule has 0 aromatic carbocycles. The van der Waals surface area contributed by atoms with Gasteiger partial charge in [-0.15, -0.1) is 0 Å². The molecule has 4 heteroatoms. The Balaban J connectivity index is 1.76. The molecule has 2 atom stereocenters. The summed E-state index contributed by atoms with van der Waals surface area (Å²) in [5, 5.41) is 9.65. The number of aliphatic hydroxyl groups excluding tert-OH is 1. The smallest absolute Gasteiger partial charge is 0.233 e. The van der Waals surface area contributed by atoms with Crippen LogP contribution in [0.25, 0.3) is 0 Å². The van der Waals surface area contributed by atoms with E-state index in [4.69, 9.17) is 0 Å². The highest BCUT2D eigenvalue weighted by molar-refractivity contribution is 6.05. The molecule has 2 saturated carbocycles. The third-order valence-corrected chi connectivity index (χ3v) is 5.46. The summed E-state index contributed by atoms with van der Waals surface area (Å²) in [4.78, 5) is 26.3. The van der Waals surface area contributed by atoms with E-state index in [1.165, 1.54) is 4.90 Å². The number of nitrogens with zero attached hydrogens (tertiary/aromatic N) is 1. The number of carbonyl (C=O) groups is 2. The summed E-state index contributed by atoms with van der Waals surface area (Å²) in [7, 11) is 0. The average molecular weight is 265 g/mol. The van der Waals surface area contributed by atoms with Crippen molar-refractivity contribution >= 4 is 11.8 Å². The van der Waals surface area contributed by atoms with Gasteiger partial charge in [0.05, 0.1) is 18.4 Å². The van der Waals surface area contributed by atoms with Crippen LogP contribution in [-0.4, -0.2) is 35.0 Å². The molecule has 1 aliphatic heterocycles. The minimum Gasteiger partial charge on any atom is -0.396 e. The van der Waals surface area contributed by atoms with Gasteiger partial charge in [-0.3, -0.25) is 14.5 Å². The summed E-state index contributed by atoms with van der Waals surface area (Å²) in [6.07, 6.45) is 5.79. The van der Waals surface area contributed by atoms with Crippen molar-refractivity contribution in [3.63, 3.8) is 0 Å². The highest BCUT2D eigenvalue weighted by Crippen LogP contribution is 2.45. The molecular formula is C15H23NO3. The monoisotopic (exact) mass is 265 g/mol. The van der Waals surface area contributed by atoms with Crippen LogP contribution in [0.4, 0.5) is 0 Å². The van der Waals surface area contributed by atoms with Crippen LogP contribution in [0.15, 0.2) is 0 Å². The van der Waals surface area contributed by atoms with E-state index in [1.807, 2.05) is 0 Å². The van der Waals surface area contributed by atoms with Crippen LogP contribution in [0.3, 0.4) is 0 Å². The molecule has 1 N–H and O–H groups in total. The third kappa shape index (κ3) is 2.00. The van der Waals surface area contributed by atoms with Crippen LogP contribution < -0.4 is 0 Å². The van der Waals surface area contributed by atoms with Gasteiger partial charge in [0.1, 0.15) is 0 Å². The lowest BCUT2D eigenvalue weighted by atomic mass is 9.86. The van der Waals surface area contributed by atoms with Crippen LogP contribution in [0.1, 0.15) is 45.4 Å². The molecule has 2 unspecified atom stereocenters. The Bertz CT molecular complexity index is 376. The summed E-state index contributed by atoms with van der Waals surface area (Å²) < 4.78 is 0. The minimum atomic E-state index is -0.213. The van der Waals surface area contributed by atoms with Crippen molar-refractivity contribution in [3.05, 3.63) is 0 Å². The van der Waals surface area contributed by atoms with Gasteiger partial charge in [-0.1, -0.05) is 19.8 Å². The van der Waals surface area contributed by atoms with Crippen LogP contribution in [0.2, 0.25) is 0 Å². The molecule has 1 heterocycles. The number of hydrogen-bond acceptors (Lipinski definition) is 3. The van der Waals surface area contributed by atoms with Gasteiger partial charge in [-0.25, -0.2) is 0 Å². The Morgan fingerprint density at radius 2 is 1.68 bits per heavy atom. The number of amides is 2. The second-order valence-corrected chi connectivity index (χ2v) is 6.92. The van der Waals surface area contributed by atoms with Crippen molar-refractivity contribution in [1.29, 1.82) is 0 Å². The first kappa shape index (κ1) is 13.1. The molecule has 0 radical (unpaired) electrons. The Morgan fingerprint density at radius 1 is 1.16 bits per heavy atom. The van der Waals surface area contributed by atoms with Crippen molar-refractivity contribution < 1.29 is 14.7 Å². The van der Waals surface area contributed by atoms with E-state index < -0.39 is 0 Å². The Morgan fingerprint density at radius 3 is 2.16 bits per heavy atom. The first-order chi connectivity index (χ1) is 9.06. The zero-order valence-electron chi connectivity index (χ0n) is 11.6. The topological polar surface area (TPSA) is 57.6 Å². The van der Waals surface area contributed by atoms with E-state index in [0.717, 1.165) is 38.5 Å². The second kappa shape index (κ2) is 4.58. The van der Waals surface area contributed by atoms with Crippen LogP contribution >= 0.6 is 0 Å². The highest BCUT2D eigenvalue weighted by atomic mass is 16.3. The number of imide groups is 1. The number of carbonyl (C=O) groups excluding carboxylic acids is 2. The molecule has 0 aromatic heterocycles. The number of fused-ring (bicyclic) bond motifs is 1. The average Bonchev–Trinajstić information content (AvgIpc) is 3.05. The van der Waals surface area contributed by atoms with Gasteiger partial charge in [0, 0.05) is 12.0 Å². The number of rotatable bonds is 3. The van der Waals surface area contributed by atoms with E-state index >= 15 is 0 Å². The maximum atomic E-state index is 12.4. The molecule has 3 rings (SSSR count). The summed E-state index contributed by atoms with van der Waals surface area (Å²) in [5.74, 6) is 0.403. The fraction of sp³-hybridized carbons (Fsp3) is 0.867. The number of hydrogen-bond donors (Lipinski definition) is 1. The zero-order chi connectivity index (χ0) is 13.6. The molecule has 0 bridgehead atoms. The molecule has 106 valence electrons. The molecule has 3 fully saturated rings. The summed E-state index contributed by atoms with van der Waals surface area (Å²) in [6, 6.07) is 0. The van der Waals surface area contributed by atoms with E-state index in [0.29, 0.717) is 12.5 Å². The lowest BCUT2D eigenvalue weighted by molar-refractivity contribution is -0.142. The van der Waals surface area contributed by atoms with Gasteiger partial charge < -0.3 is 5.11 Å². The predicted molar refractivity (Wildman–Crippen MR) is 70.1 cm³/mol. The molecule has 1 saturated heterocycles. The van der Waals surface area contributed by atoms with Crippen molar-refractivity contribution in [3.8, 4) is 0 Å². The van der Waals surface area contributed by atoms with E-state index in [2.05, 4.69) is 6.92 Å². The molecule has 0 aromatic rings. The Labute approximate surface area is 114 Å². The Hall–Kier alpha value is -0.900. The molecule has 3 aliphatic rings. The number of likely N-dealkylation sites (tertiary alicyclic amines) is 1. The first-order valence-corrected chi connectivity index (χ1v) is 7.52. The molecule has 4 nitrogen and oxygen atoms in total. The fourth-order valence-corrected chi connectivity index (χ4v) is 4.33. The first-order valence-electron chi connectivity index (χ1n) is 7.52. The van der Waals surface area contributed by atoms with Crippen LogP contribution in [0, 0.1) is 23.2 Å². The predicted octanol–water partition coefficient (Wildman–Crippen LogP) is 1.57. The van der Waals surface area contributed by atoms with E-state index in [9.17, 15) is 14.7 Å². The molecule has 0 spiro atoms. The lowest BCUT2D eigenvalue weighted by Crippen LogP contribution is -2.42. The van der Waals surface area contributed by atoms with Gasteiger partial charge in [0.15, 0.2) is 0 Å². The SMILES string of the molecule is CC1CC2C(=O)N(CC3(CO)CCCC3)C(=O)C2C1. The second-order valence-electron chi connectivity index (χ2n) is 6.92. The third-order valence-electron chi connectivity index (χ3n) is 5.46. The quantitative estimate of drug-likeness (QED) is 0.788. The summed E-state index contributed by atoms with van der Waals surface area (Å²) in [5.41, 5.74) is -0.213. The lowest BCUT2D eigenvalue weighted by Gasteiger charge is -2.31. The maximum Gasteiger partial charge on any atom is 0.233 e. The molecule has 2 aliphatic carbocycles. The zero-order valence-corrected chi connectivity index (χ0v) is 11.6. The summed E-state index contributed by atoms with van der Waals surface area (Å²) in [6.45, 7) is 2.66. The highest BCUT2D eigenvalue weighted by Gasteiger charge is 2.53. The largest absolute Gasteiger partial charge is 0.396 e. The van der Waals surface area contributed by atoms with Crippen LogP contribution in [-0.2, 0) is 9.59 Å². The Kier molecular flexibility index (Phi) is 3.16. The maximum absolute atomic E-state index is 12.4. The van der Waals surface area contributed by atoms with Crippen molar-refractivity contribution in [1.82, 2.24) is 4.90 Å². The number of aliphatic hydroxyl groups is 1. The molecule has 2 amide bonds. The standard InChI is InChI=1S/C15H23NO3/c1-10-6-11-12(7-10)14(19)16(13(11)18)8-15(9-17)4-2-3-5-15/h10-12,17H,2-9H2,1H3. The van der Waals surface area contributed by atoms with E-state index in [-0.39, 0.29) is 35.7 Å². The van der Waals surface area contributed by atoms with Crippen molar-refractivity contribution in [2.24, 2.45) is 23.2 Å². The van der Waals surface area contributed by atoms with Crippen molar-refractivity contribution in [2.45, 2.75) is 45.4 Å². The van der Waals surface area contributed by atoms with Gasteiger partial charge in [0.25, 0.3) is 0 Å². The molecular weight excluding hydrogens is 242 g/mol.